The topological polar surface area (TPSA) is 224 Å². The number of fused-ring (bicyclic) bond motifs is 1. The lowest BCUT2D eigenvalue weighted by atomic mass is 9.96. The van der Waals surface area contributed by atoms with Crippen molar-refractivity contribution in [3.8, 4) is 0 Å². The largest absolute Gasteiger partial charge is 0.405 e. The summed E-state index contributed by atoms with van der Waals surface area (Å²) in [6.45, 7) is 3.78. The van der Waals surface area contributed by atoms with Crippen molar-refractivity contribution in [2.45, 2.75) is 51.4 Å². The molecule has 1 aromatic carbocycles. The van der Waals surface area contributed by atoms with Crippen molar-refractivity contribution in [2.75, 3.05) is 31.3 Å². The van der Waals surface area contributed by atoms with Crippen molar-refractivity contribution < 1.29 is 38.5 Å². The van der Waals surface area contributed by atoms with Crippen LogP contribution in [0.4, 0.5) is 5.95 Å². The zero-order chi connectivity index (χ0) is 30.7. The summed E-state index contributed by atoms with van der Waals surface area (Å²) >= 11 is 0.934. The van der Waals surface area contributed by atoms with Gasteiger partial charge in [-0.3, -0.25) is 28.2 Å². The Balaban J connectivity index is 0.00000506. The van der Waals surface area contributed by atoms with Crippen LogP contribution in [0.2, 0.25) is 0 Å². The lowest BCUT2D eigenvalue weighted by Crippen LogP contribution is -2.44. The Morgan fingerprint density at radius 2 is 2.02 bits per heavy atom. The summed E-state index contributed by atoms with van der Waals surface area (Å²) in [6.07, 6.45) is -2.72. The molecule has 3 aromatic rings. The van der Waals surface area contributed by atoms with Gasteiger partial charge in [0.15, 0.2) is 22.5 Å². The van der Waals surface area contributed by atoms with E-state index in [9.17, 15) is 29.5 Å². The normalized spacial score (nSPS) is 23.6. The van der Waals surface area contributed by atoms with Crippen LogP contribution in [-0.2, 0) is 29.7 Å². The molecule has 2 unspecified atom stereocenters. The van der Waals surface area contributed by atoms with E-state index in [0.29, 0.717) is 0 Å². The van der Waals surface area contributed by atoms with Crippen LogP contribution in [0, 0.1) is 5.41 Å². The molecule has 3 heterocycles. The Hall–Kier alpha value is -2.31. The molecule has 2 aromatic heterocycles. The molecule has 5 atom stereocenters. The molecule has 0 aliphatic carbocycles. The van der Waals surface area contributed by atoms with Crippen molar-refractivity contribution in [3.63, 3.8) is 0 Å². The molecule has 15 nitrogen and oxygen atoms in total. The van der Waals surface area contributed by atoms with Crippen LogP contribution < -0.4 is 16.4 Å². The van der Waals surface area contributed by atoms with Gasteiger partial charge in [0.2, 0.25) is 5.95 Å². The number of carbonyl (C=O) groups excluding carboxylic acids is 1. The lowest BCUT2D eigenvalue weighted by Gasteiger charge is -2.27. The number of nitrogens with zero attached hydrogens (tertiary/aromatic N) is 3. The number of thioether (sulfide) groups is 1. The predicted molar refractivity (Wildman–Crippen MR) is 165 cm³/mol. The van der Waals surface area contributed by atoms with Crippen molar-refractivity contribution in [3.05, 3.63) is 52.6 Å². The second-order valence-corrected chi connectivity index (χ2v) is 13.5. The second kappa shape index (κ2) is 14.2. The van der Waals surface area contributed by atoms with E-state index in [0.717, 1.165) is 17.3 Å². The summed E-state index contributed by atoms with van der Waals surface area (Å²) in [5.74, 6) is -0.0278. The summed E-state index contributed by atoms with van der Waals surface area (Å²) in [4.78, 5) is 34.9. The number of hydrogen-bond acceptors (Lipinski definition) is 13. The molecular formula is C25H37N6O9PS2. The molecule has 0 amide bonds. The van der Waals surface area contributed by atoms with Crippen molar-refractivity contribution in [1.82, 2.24) is 24.6 Å². The van der Waals surface area contributed by atoms with Gasteiger partial charge in [0.25, 0.3) is 5.56 Å². The average molecular weight is 661 g/mol. The third-order valence-electron chi connectivity index (χ3n) is 6.71. The summed E-state index contributed by atoms with van der Waals surface area (Å²) in [7, 11) is -4.04. The highest BCUT2D eigenvalue weighted by Gasteiger charge is 2.54. The number of rotatable bonds is 13. The van der Waals surface area contributed by atoms with Gasteiger partial charge in [0, 0.05) is 12.3 Å². The number of nitrogen functional groups attached to an aromatic ring is 1. The number of H-pyrrole nitrogens is 1. The molecule has 1 aliphatic rings. The molecule has 1 aliphatic heterocycles. The maximum Gasteiger partial charge on any atom is 0.405 e. The number of nitrogens with two attached hydrogens (primary N) is 1. The minimum Gasteiger partial charge on any atom is -0.395 e. The van der Waals surface area contributed by atoms with E-state index < -0.39 is 49.4 Å². The predicted octanol–water partition coefficient (Wildman–Crippen LogP) is 1.03. The highest BCUT2D eigenvalue weighted by molar-refractivity contribution is 8.13. The Kier molecular flexibility index (Phi) is 11.6. The molecule has 0 bridgehead atoms. The van der Waals surface area contributed by atoms with E-state index in [4.69, 9.17) is 19.5 Å². The van der Waals surface area contributed by atoms with Gasteiger partial charge in [-0.1, -0.05) is 42.1 Å². The van der Waals surface area contributed by atoms with Crippen molar-refractivity contribution in [1.29, 1.82) is 0 Å². The molecule has 238 valence electrons. The van der Waals surface area contributed by atoms with E-state index >= 15 is 0 Å². The molecule has 4 rings (SSSR count). The van der Waals surface area contributed by atoms with Crippen LogP contribution in [0.3, 0.4) is 0 Å². The summed E-state index contributed by atoms with van der Waals surface area (Å²) in [5, 5.41) is 34.0. The molecule has 7 N–H and O–H groups in total. The number of aliphatic hydroxyl groups is 3. The fraction of sp³-hybridized carbons (Fsp3) is 0.520. The molecule has 43 heavy (non-hydrogen) atoms. The van der Waals surface area contributed by atoms with E-state index in [1.54, 1.807) is 13.8 Å². The van der Waals surface area contributed by atoms with E-state index in [2.05, 4.69) is 20.0 Å². The van der Waals surface area contributed by atoms with Crippen molar-refractivity contribution >= 4 is 55.2 Å². The molecule has 0 spiro atoms. The van der Waals surface area contributed by atoms with Gasteiger partial charge < -0.3 is 25.8 Å². The van der Waals surface area contributed by atoms with E-state index in [-0.39, 0.29) is 61.2 Å². The van der Waals surface area contributed by atoms with Crippen LogP contribution in [0.1, 0.15) is 32.6 Å². The number of anilines is 1. The van der Waals surface area contributed by atoms with Gasteiger partial charge in [0.05, 0.1) is 31.6 Å². The SMILES string of the molecule is CC(C)(CO)C(=O)SCCOP(=O)(NCc1ccccc1)OCC1O[C@@H](n2cnc3c(=O)[nH]c(N)nc32)[C@](C)(O)[C@@H]1O.S. The number of nitrogens with one attached hydrogen (secondary N) is 2. The third-order valence-corrected chi connectivity index (χ3v) is 9.45. The molecular weight excluding hydrogens is 623 g/mol. The molecule has 18 heteroatoms. The highest BCUT2D eigenvalue weighted by atomic mass is 32.2. The second-order valence-electron chi connectivity index (χ2n) is 10.6. The molecule has 0 radical (unpaired) electrons. The first kappa shape index (κ1) is 35.2. The van der Waals surface area contributed by atoms with Gasteiger partial charge in [-0.05, 0) is 26.3 Å². The summed E-state index contributed by atoms with van der Waals surface area (Å²) in [5.41, 5.74) is 3.04. The fourth-order valence-corrected chi connectivity index (χ4v) is 6.37. The fourth-order valence-electron chi connectivity index (χ4n) is 4.13. The number of benzene rings is 1. The van der Waals surface area contributed by atoms with E-state index in [1.165, 1.54) is 17.8 Å². The molecule has 0 saturated carbocycles. The summed E-state index contributed by atoms with van der Waals surface area (Å²) < 4.78 is 32.1. The first-order valence-corrected chi connectivity index (χ1v) is 15.5. The first-order valence-electron chi connectivity index (χ1n) is 13.0. The number of aromatic amines is 1. The Labute approximate surface area is 258 Å². The number of aliphatic hydroxyl groups excluding tert-OH is 2. The van der Waals surface area contributed by atoms with Gasteiger partial charge in [-0.2, -0.15) is 18.5 Å². The number of imidazole rings is 1. The van der Waals surface area contributed by atoms with Gasteiger partial charge in [-0.15, -0.1) is 0 Å². The van der Waals surface area contributed by atoms with Crippen LogP contribution in [0.25, 0.3) is 11.2 Å². The number of ether oxygens (including phenoxy) is 1. The molecule has 1 saturated heterocycles. The molecule has 1 fully saturated rings. The Morgan fingerprint density at radius 1 is 1.33 bits per heavy atom. The van der Waals surface area contributed by atoms with Gasteiger partial charge >= 0.3 is 7.75 Å². The number of carbonyl (C=O) groups is 1. The number of aromatic nitrogens is 4. The standard InChI is InChI=1S/C25H35N6O9PS.H2S/c1-24(2,13-32)22(35)42-10-9-38-41(37,28-11-15-7-5-4-6-8-15)39-12-16-18(33)25(3,36)21(40-16)31-14-27-17-19(31)29-23(26)30-20(17)34;/h4-8,14,16,18,21,32-33,36H,9-13H2,1-3H3,(H,28,37)(H3,26,29,30,34);1H2/t16?,18-,21-,25-,41?;/m1./s1. The highest BCUT2D eigenvalue weighted by Crippen LogP contribution is 2.46. The maximum absolute atomic E-state index is 13.7. The van der Waals surface area contributed by atoms with Crippen molar-refractivity contribution in [2.24, 2.45) is 5.41 Å². The van der Waals surface area contributed by atoms with Crippen LogP contribution >= 0.6 is 33.0 Å². The Bertz CT molecular complexity index is 1500. The minimum absolute atomic E-state index is 0. The lowest BCUT2D eigenvalue weighted by molar-refractivity contribution is -0.119. The van der Waals surface area contributed by atoms with E-state index in [1.807, 2.05) is 30.3 Å². The van der Waals surface area contributed by atoms with Crippen LogP contribution in [0.5, 0.6) is 0 Å². The maximum atomic E-state index is 13.7. The van der Waals surface area contributed by atoms with Gasteiger partial charge in [-0.25, -0.2) is 14.6 Å². The first-order chi connectivity index (χ1) is 19.8. The Morgan fingerprint density at radius 3 is 2.70 bits per heavy atom. The minimum atomic E-state index is -4.04. The van der Waals surface area contributed by atoms with Crippen LogP contribution in [-0.4, -0.2) is 83.3 Å². The average Bonchev–Trinajstić information content (AvgIpc) is 3.47. The zero-order valence-corrected chi connectivity index (χ0v) is 26.5. The smallest absolute Gasteiger partial charge is 0.395 e. The third kappa shape index (κ3) is 8.05. The van der Waals surface area contributed by atoms with Gasteiger partial charge in [0.1, 0.15) is 17.8 Å². The zero-order valence-electron chi connectivity index (χ0n) is 23.8. The monoisotopic (exact) mass is 660 g/mol. The van der Waals surface area contributed by atoms with Crippen LogP contribution in [0.15, 0.2) is 41.5 Å². The summed E-state index contributed by atoms with van der Waals surface area (Å²) in [6, 6.07) is 9.10. The number of hydrogen-bond donors (Lipinski definition) is 6. The quantitative estimate of drug-likeness (QED) is 0.111.